The van der Waals surface area contributed by atoms with E-state index in [4.69, 9.17) is 4.74 Å². The molecule has 2 aromatic carbocycles. The van der Waals surface area contributed by atoms with Crippen LogP contribution in [0.2, 0.25) is 0 Å². The van der Waals surface area contributed by atoms with Crippen molar-refractivity contribution in [3.05, 3.63) is 65.7 Å². The fourth-order valence-corrected chi connectivity index (χ4v) is 6.01. The van der Waals surface area contributed by atoms with Gasteiger partial charge in [0.05, 0.1) is 18.4 Å². The van der Waals surface area contributed by atoms with Crippen molar-refractivity contribution in [2.45, 2.75) is 64.3 Å². The smallest absolute Gasteiger partial charge is 0.323 e. The minimum absolute atomic E-state index is 0.225. The molecule has 39 heavy (non-hydrogen) atoms. The lowest BCUT2D eigenvalue weighted by Crippen LogP contribution is -2.51. The second-order valence-corrected chi connectivity index (χ2v) is 10.6. The Morgan fingerprint density at radius 1 is 1.00 bits per heavy atom. The molecule has 2 amide bonds. The van der Waals surface area contributed by atoms with E-state index in [1.807, 2.05) is 30.3 Å². The van der Waals surface area contributed by atoms with Gasteiger partial charge in [0.2, 0.25) is 11.8 Å². The molecule has 1 heterocycles. The molecule has 0 radical (unpaired) electrons. The monoisotopic (exact) mass is 534 g/mol. The summed E-state index contributed by atoms with van der Waals surface area (Å²) in [4.78, 5) is 52.6. The molecule has 0 aromatic heterocycles. The lowest BCUT2D eigenvalue weighted by molar-refractivity contribution is -0.151. The molecule has 1 aliphatic heterocycles. The van der Waals surface area contributed by atoms with Crippen LogP contribution in [0.4, 0.5) is 5.69 Å². The van der Waals surface area contributed by atoms with Crippen LogP contribution in [0.15, 0.2) is 54.6 Å². The molecule has 0 spiro atoms. The van der Waals surface area contributed by atoms with Crippen molar-refractivity contribution in [3.63, 3.8) is 0 Å². The van der Waals surface area contributed by atoms with Crippen LogP contribution in [0.25, 0.3) is 0 Å². The number of carbonyl (C=O) groups is 4. The molecule has 0 saturated heterocycles. The van der Waals surface area contributed by atoms with Gasteiger partial charge in [0.15, 0.2) is 0 Å². The Labute approximate surface area is 229 Å². The minimum atomic E-state index is -1.13. The number of nitrogens with zero attached hydrogens (tertiary/aromatic N) is 1. The summed E-state index contributed by atoms with van der Waals surface area (Å²) < 4.78 is 5.31. The highest BCUT2D eigenvalue weighted by atomic mass is 16.5. The van der Waals surface area contributed by atoms with Crippen molar-refractivity contribution in [2.75, 3.05) is 18.1 Å². The third kappa shape index (κ3) is 7.25. The second kappa shape index (κ2) is 13.4. The minimum Gasteiger partial charge on any atom is -0.480 e. The number of amides is 2. The highest BCUT2D eigenvalue weighted by molar-refractivity contribution is 6.03. The Morgan fingerprint density at radius 3 is 2.46 bits per heavy atom. The van der Waals surface area contributed by atoms with Gasteiger partial charge in [-0.3, -0.25) is 24.1 Å². The quantitative estimate of drug-likeness (QED) is 0.331. The molecule has 2 aromatic rings. The van der Waals surface area contributed by atoms with Crippen LogP contribution in [0.3, 0.4) is 0 Å². The first-order chi connectivity index (χ1) is 18.9. The fourth-order valence-electron chi connectivity index (χ4n) is 6.01. The van der Waals surface area contributed by atoms with Crippen molar-refractivity contribution in [1.82, 2.24) is 5.32 Å². The number of carboxylic acid groups (broad SMARTS) is 1. The van der Waals surface area contributed by atoms with Crippen molar-refractivity contribution in [1.29, 1.82) is 0 Å². The number of aryl methyl sites for hydroxylation is 2. The zero-order valence-corrected chi connectivity index (χ0v) is 22.5. The SMILES string of the molecule is CCOC(=O)C1CC(CCCCc2ccccc2)CC1C(=O)N[C@@H]1CCc2ccccc2N(CC(=O)O)C1=O. The molecule has 4 rings (SSSR count). The third-order valence-corrected chi connectivity index (χ3v) is 7.92. The molecular formula is C31H38N2O6. The maximum Gasteiger partial charge on any atom is 0.323 e. The van der Waals surface area contributed by atoms with Crippen LogP contribution < -0.4 is 10.2 Å². The number of ether oxygens (including phenoxy) is 1. The number of anilines is 1. The van der Waals surface area contributed by atoms with E-state index in [0.29, 0.717) is 31.4 Å². The van der Waals surface area contributed by atoms with Gasteiger partial charge in [-0.25, -0.2) is 0 Å². The number of nitrogens with one attached hydrogen (secondary N) is 1. The summed E-state index contributed by atoms with van der Waals surface area (Å²) >= 11 is 0. The van der Waals surface area contributed by atoms with Crippen molar-refractivity contribution >= 4 is 29.4 Å². The Balaban J connectivity index is 1.41. The van der Waals surface area contributed by atoms with Gasteiger partial charge in [-0.2, -0.15) is 0 Å². The number of aliphatic carboxylic acids is 1. The Morgan fingerprint density at radius 2 is 1.72 bits per heavy atom. The summed E-state index contributed by atoms with van der Waals surface area (Å²) in [6, 6.07) is 16.7. The van der Waals surface area contributed by atoms with Gasteiger partial charge in [-0.1, -0.05) is 61.4 Å². The van der Waals surface area contributed by atoms with Crippen LogP contribution >= 0.6 is 0 Å². The number of carboxylic acids is 1. The summed E-state index contributed by atoms with van der Waals surface area (Å²) in [7, 11) is 0. The molecule has 4 atom stereocenters. The average molecular weight is 535 g/mol. The van der Waals surface area contributed by atoms with Crippen molar-refractivity contribution in [2.24, 2.45) is 17.8 Å². The molecule has 0 bridgehead atoms. The lowest BCUT2D eigenvalue weighted by atomic mass is 9.94. The Hall–Kier alpha value is -3.68. The number of hydrogen-bond acceptors (Lipinski definition) is 5. The highest BCUT2D eigenvalue weighted by Crippen LogP contribution is 2.40. The topological polar surface area (TPSA) is 113 Å². The molecule has 8 nitrogen and oxygen atoms in total. The average Bonchev–Trinajstić information content (AvgIpc) is 3.32. The normalized spacial score (nSPS) is 22.6. The molecule has 208 valence electrons. The molecule has 1 fully saturated rings. The van der Waals surface area contributed by atoms with Gasteiger partial charge in [0.25, 0.3) is 0 Å². The van der Waals surface area contributed by atoms with E-state index in [9.17, 15) is 24.3 Å². The zero-order chi connectivity index (χ0) is 27.8. The Kier molecular flexibility index (Phi) is 9.74. The zero-order valence-electron chi connectivity index (χ0n) is 22.5. The standard InChI is InChI=1S/C31H38N2O6/c1-2-39-31(38)25-19-22(13-7-6-12-21-10-4-3-5-11-21)18-24(25)29(36)32-26-17-16-23-14-8-9-15-27(23)33(30(26)37)20-28(34)35/h3-5,8-11,14-15,22,24-26H,2,6-7,12-13,16-20H2,1H3,(H,32,36)(H,34,35)/t22?,24?,25?,26-/m1/s1. The molecule has 1 saturated carbocycles. The number of esters is 1. The van der Waals surface area contributed by atoms with Crippen LogP contribution in [-0.4, -0.2) is 48.1 Å². The van der Waals surface area contributed by atoms with E-state index in [1.54, 1.807) is 19.1 Å². The Bertz CT molecular complexity index is 1170. The molecular weight excluding hydrogens is 496 g/mol. The predicted octanol–water partition coefficient (Wildman–Crippen LogP) is 4.15. The first-order valence-corrected chi connectivity index (χ1v) is 14.0. The fraction of sp³-hybridized carbons (Fsp3) is 0.484. The number of benzene rings is 2. The number of para-hydroxylation sites is 1. The van der Waals surface area contributed by atoms with E-state index < -0.39 is 36.3 Å². The summed E-state index contributed by atoms with van der Waals surface area (Å²) in [5.41, 5.74) is 2.73. The van der Waals surface area contributed by atoms with Crippen molar-refractivity contribution < 1.29 is 29.0 Å². The largest absolute Gasteiger partial charge is 0.480 e. The summed E-state index contributed by atoms with van der Waals surface area (Å²) in [5.74, 6) is -3.16. The first-order valence-electron chi connectivity index (χ1n) is 14.0. The summed E-state index contributed by atoms with van der Waals surface area (Å²) in [6.07, 6.45) is 6.02. The lowest BCUT2D eigenvalue weighted by Gasteiger charge is -2.26. The van der Waals surface area contributed by atoms with Crippen LogP contribution in [0.5, 0.6) is 0 Å². The van der Waals surface area contributed by atoms with E-state index in [2.05, 4.69) is 17.4 Å². The summed E-state index contributed by atoms with van der Waals surface area (Å²) in [6.45, 7) is 1.51. The number of carbonyl (C=O) groups excluding carboxylic acids is 3. The van der Waals surface area contributed by atoms with Crippen LogP contribution in [0.1, 0.15) is 56.6 Å². The predicted molar refractivity (Wildman–Crippen MR) is 147 cm³/mol. The second-order valence-electron chi connectivity index (χ2n) is 10.6. The first kappa shape index (κ1) is 28.3. The van der Waals surface area contributed by atoms with Gasteiger partial charge in [-0.15, -0.1) is 0 Å². The van der Waals surface area contributed by atoms with Gasteiger partial charge >= 0.3 is 11.9 Å². The van der Waals surface area contributed by atoms with Gasteiger partial charge < -0.3 is 15.2 Å². The third-order valence-electron chi connectivity index (χ3n) is 7.92. The highest BCUT2D eigenvalue weighted by Gasteiger charge is 2.44. The van der Waals surface area contributed by atoms with E-state index >= 15 is 0 Å². The summed E-state index contributed by atoms with van der Waals surface area (Å²) in [5, 5.41) is 12.3. The van der Waals surface area contributed by atoms with Gasteiger partial charge in [-0.05, 0) is 68.6 Å². The maximum atomic E-state index is 13.5. The number of fused-ring (bicyclic) bond motifs is 1. The molecule has 3 unspecified atom stereocenters. The van der Waals surface area contributed by atoms with Gasteiger partial charge in [0.1, 0.15) is 12.6 Å². The van der Waals surface area contributed by atoms with Crippen LogP contribution in [-0.2, 0) is 36.8 Å². The maximum absolute atomic E-state index is 13.5. The van der Waals surface area contributed by atoms with Crippen LogP contribution in [0, 0.1) is 17.8 Å². The van der Waals surface area contributed by atoms with Gasteiger partial charge in [0, 0.05) is 5.69 Å². The van der Waals surface area contributed by atoms with E-state index in [0.717, 1.165) is 31.2 Å². The molecule has 1 aliphatic carbocycles. The number of unbranched alkanes of at least 4 members (excludes halogenated alkanes) is 1. The van der Waals surface area contributed by atoms with Crippen molar-refractivity contribution in [3.8, 4) is 0 Å². The van der Waals surface area contributed by atoms with E-state index in [1.165, 1.54) is 10.5 Å². The molecule has 2 aliphatic rings. The molecule has 2 N–H and O–H groups in total. The molecule has 8 heteroatoms. The number of hydrogen-bond donors (Lipinski definition) is 2. The number of rotatable bonds is 11. The van der Waals surface area contributed by atoms with E-state index in [-0.39, 0.29) is 24.4 Å².